The lowest BCUT2D eigenvalue weighted by Gasteiger charge is -2.32. The molecule has 5 aromatic rings. The number of amides is 1. The number of benzene rings is 3. The summed E-state index contributed by atoms with van der Waals surface area (Å²) < 4.78 is 1.85. The molecule has 3 N–H and O–H groups in total. The molecule has 1 amide bonds. The number of hydrogen-bond donors (Lipinski definition) is 3. The zero-order valence-electron chi connectivity index (χ0n) is 23.8. The number of nitrogens with one attached hydrogen (secondary N) is 3. The number of piperidine rings is 1. The third kappa shape index (κ3) is 5.56. The van der Waals surface area contributed by atoms with Crippen LogP contribution in [0.1, 0.15) is 43.5 Å². The fourth-order valence-electron chi connectivity index (χ4n) is 5.73. The van der Waals surface area contributed by atoms with Gasteiger partial charge in [0.15, 0.2) is 0 Å². The normalized spacial score (nSPS) is 14.3. The zero-order chi connectivity index (χ0) is 29.2. The number of rotatable bonds is 7. The van der Waals surface area contributed by atoms with E-state index in [0.717, 1.165) is 60.3 Å². The Labute approximate surface area is 243 Å². The van der Waals surface area contributed by atoms with Crippen LogP contribution < -0.4 is 16.6 Å². The van der Waals surface area contributed by atoms with Crippen LogP contribution in [0.5, 0.6) is 0 Å². The van der Waals surface area contributed by atoms with Gasteiger partial charge < -0.3 is 15.3 Å². The van der Waals surface area contributed by atoms with Gasteiger partial charge >= 0.3 is 5.69 Å². The van der Waals surface area contributed by atoms with Gasteiger partial charge in [-0.1, -0.05) is 61.5 Å². The fourth-order valence-corrected chi connectivity index (χ4v) is 5.73. The van der Waals surface area contributed by atoms with Crippen LogP contribution in [-0.2, 0) is 11.3 Å². The van der Waals surface area contributed by atoms with Crippen molar-refractivity contribution in [3.8, 4) is 22.5 Å². The fraction of sp³-hybridized carbons (Fsp3) is 0.273. The van der Waals surface area contributed by atoms with Gasteiger partial charge in [0.05, 0.1) is 22.4 Å². The maximum Gasteiger partial charge on any atom is 0.326 e. The summed E-state index contributed by atoms with van der Waals surface area (Å²) in [5.74, 6) is -0.0550. The van der Waals surface area contributed by atoms with E-state index in [9.17, 15) is 14.4 Å². The molecule has 42 heavy (non-hydrogen) atoms. The Bertz CT molecular complexity index is 1850. The van der Waals surface area contributed by atoms with Gasteiger partial charge in [-0.3, -0.25) is 19.1 Å². The molecule has 3 aromatic carbocycles. The smallest absolute Gasteiger partial charge is 0.326 e. The number of aromatic amines is 2. The number of aromatic nitrogens is 4. The van der Waals surface area contributed by atoms with Gasteiger partial charge in [-0.05, 0) is 43.5 Å². The van der Waals surface area contributed by atoms with Crippen LogP contribution in [0.3, 0.4) is 0 Å². The molecule has 214 valence electrons. The number of nitrogens with zero attached hydrogens (tertiary/aromatic N) is 3. The molecule has 0 atom stereocenters. The number of imidazole rings is 1. The van der Waals surface area contributed by atoms with Crippen LogP contribution in [0, 0.1) is 6.92 Å². The number of likely N-dealkylation sites (tertiary alicyclic amines) is 1. The molecular formula is C33H34N6O3. The Morgan fingerprint density at radius 2 is 1.69 bits per heavy atom. The monoisotopic (exact) mass is 562 g/mol. The van der Waals surface area contributed by atoms with E-state index in [4.69, 9.17) is 0 Å². The van der Waals surface area contributed by atoms with Crippen molar-refractivity contribution < 1.29 is 4.79 Å². The Morgan fingerprint density at radius 1 is 0.952 bits per heavy atom. The molecule has 9 heteroatoms. The molecule has 1 aliphatic rings. The van der Waals surface area contributed by atoms with E-state index in [-0.39, 0.29) is 23.2 Å². The van der Waals surface area contributed by atoms with Crippen molar-refractivity contribution in [2.75, 3.05) is 18.4 Å². The average molecular weight is 563 g/mol. The van der Waals surface area contributed by atoms with Crippen molar-refractivity contribution in [2.24, 2.45) is 0 Å². The van der Waals surface area contributed by atoms with Gasteiger partial charge in [-0.15, -0.1) is 0 Å². The molecule has 0 aliphatic carbocycles. The van der Waals surface area contributed by atoms with Crippen molar-refractivity contribution in [2.45, 2.75) is 45.7 Å². The third-order valence-electron chi connectivity index (χ3n) is 8.02. The van der Waals surface area contributed by atoms with E-state index < -0.39 is 0 Å². The van der Waals surface area contributed by atoms with Crippen LogP contribution in [0.2, 0.25) is 0 Å². The van der Waals surface area contributed by atoms with Crippen LogP contribution in [0.25, 0.3) is 33.5 Å². The molecular weight excluding hydrogens is 528 g/mol. The predicted octanol–water partition coefficient (Wildman–Crippen LogP) is 5.24. The second-order valence-corrected chi connectivity index (χ2v) is 10.9. The number of aryl methyl sites for hydroxylation is 1. The summed E-state index contributed by atoms with van der Waals surface area (Å²) in [5, 5.41) is 2.89. The zero-order valence-corrected chi connectivity index (χ0v) is 23.8. The van der Waals surface area contributed by atoms with Crippen LogP contribution in [-0.4, -0.2) is 43.4 Å². The van der Waals surface area contributed by atoms with E-state index in [0.29, 0.717) is 23.5 Å². The lowest BCUT2D eigenvalue weighted by Crippen LogP contribution is -2.36. The van der Waals surface area contributed by atoms with Crippen LogP contribution in [0.4, 0.5) is 5.69 Å². The molecule has 3 heterocycles. The van der Waals surface area contributed by atoms with Crippen molar-refractivity contribution >= 4 is 22.6 Å². The highest BCUT2D eigenvalue weighted by molar-refractivity contribution is 5.92. The minimum atomic E-state index is -0.187. The summed E-state index contributed by atoms with van der Waals surface area (Å²) in [6.07, 6.45) is 2.11. The van der Waals surface area contributed by atoms with Gasteiger partial charge in [0, 0.05) is 48.9 Å². The highest BCUT2D eigenvalue weighted by atomic mass is 16.2. The number of fused-ring (bicyclic) bond motifs is 1. The summed E-state index contributed by atoms with van der Waals surface area (Å²) in [6.45, 7) is 6.07. The Kier molecular flexibility index (Phi) is 7.58. The number of carbonyl (C=O) groups is 1. The summed E-state index contributed by atoms with van der Waals surface area (Å²) in [5.41, 5.74) is 6.95. The summed E-state index contributed by atoms with van der Waals surface area (Å²) in [6, 6.07) is 23.8. The molecule has 1 saturated heterocycles. The molecule has 1 fully saturated rings. The molecule has 0 bridgehead atoms. The Morgan fingerprint density at radius 3 is 2.40 bits per heavy atom. The first-order chi connectivity index (χ1) is 20.4. The van der Waals surface area contributed by atoms with E-state index in [1.54, 1.807) is 6.92 Å². The summed E-state index contributed by atoms with van der Waals surface area (Å²) in [7, 11) is 0. The third-order valence-corrected chi connectivity index (χ3v) is 8.02. The van der Waals surface area contributed by atoms with Crippen LogP contribution >= 0.6 is 0 Å². The van der Waals surface area contributed by atoms with Crippen molar-refractivity contribution in [3.05, 3.63) is 105 Å². The summed E-state index contributed by atoms with van der Waals surface area (Å²) >= 11 is 0. The highest BCUT2D eigenvalue weighted by Crippen LogP contribution is 2.30. The van der Waals surface area contributed by atoms with Gasteiger partial charge in [-0.2, -0.15) is 0 Å². The largest absolute Gasteiger partial charge is 0.326 e. The number of H-pyrrole nitrogens is 2. The first-order valence-electron chi connectivity index (χ1n) is 14.4. The standard InChI is InChI=1S/C33H34N6O3/c1-3-29(40)35-25-13-14-27-28(19-25)39(33(42)36-27)26-15-17-38(18-16-26)20-22-9-11-24(12-10-22)31-30(23-7-5-4-6-8-23)34-21(2)32(41)37-31/h4-14,19,26H,3,15-18,20H2,1-2H3,(H,35,40)(H,36,42)(H,37,41). The quantitative estimate of drug-likeness (QED) is 0.251. The molecule has 1 aliphatic heterocycles. The number of anilines is 1. The van der Waals surface area contributed by atoms with Crippen molar-refractivity contribution in [3.63, 3.8) is 0 Å². The van der Waals surface area contributed by atoms with Crippen molar-refractivity contribution in [1.29, 1.82) is 0 Å². The second kappa shape index (κ2) is 11.6. The van der Waals surface area contributed by atoms with Crippen LogP contribution in [0.15, 0.2) is 82.4 Å². The lowest BCUT2D eigenvalue weighted by atomic mass is 10.0. The van der Waals surface area contributed by atoms with Gasteiger partial charge in [0.25, 0.3) is 5.56 Å². The molecule has 2 aromatic heterocycles. The van der Waals surface area contributed by atoms with E-state index in [1.807, 2.05) is 72.2 Å². The molecule has 0 spiro atoms. The Hall–Kier alpha value is -4.76. The molecule has 0 saturated carbocycles. The van der Waals surface area contributed by atoms with E-state index >= 15 is 0 Å². The number of carbonyl (C=O) groups excluding carboxylic acids is 1. The SMILES string of the molecule is CCC(=O)Nc1ccc2[nH]c(=O)n(C3CCN(Cc4ccc(-c5[nH]c(=O)c(C)nc5-c5ccccc5)cc4)CC3)c2c1. The maximum absolute atomic E-state index is 12.9. The molecule has 0 radical (unpaired) electrons. The Balaban J connectivity index is 1.15. The summed E-state index contributed by atoms with van der Waals surface area (Å²) in [4.78, 5) is 50.2. The second-order valence-electron chi connectivity index (χ2n) is 10.9. The van der Waals surface area contributed by atoms with Gasteiger partial charge in [0.1, 0.15) is 5.69 Å². The number of hydrogen-bond acceptors (Lipinski definition) is 5. The topological polar surface area (TPSA) is 116 Å². The molecule has 0 unspecified atom stereocenters. The van der Waals surface area contributed by atoms with Gasteiger partial charge in [0.2, 0.25) is 5.91 Å². The maximum atomic E-state index is 12.9. The van der Waals surface area contributed by atoms with E-state index in [2.05, 4.69) is 37.3 Å². The van der Waals surface area contributed by atoms with E-state index in [1.165, 1.54) is 5.56 Å². The van der Waals surface area contributed by atoms with Gasteiger partial charge in [-0.25, -0.2) is 9.78 Å². The average Bonchev–Trinajstić information content (AvgIpc) is 3.34. The first-order valence-corrected chi connectivity index (χ1v) is 14.4. The molecule has 6 rings (SSSR count). The first kappa shape index (κ1) is 27.4. The minimum Gasteiger partial charge on any atom is -0.326 e. The van der Waals surface area contributed by atoms with Crippen molar-refractivity contribution in [1.82, 2.24) is 24.4 Å². The lowest BCUT2D eigenvalue weighted by molar-refractivity contribution is -0.115. The predicted molar refractivity (Wildman–Crippen MR) is 165 cm³/mol. The highest BCUT2D eigenvalue weighted by Gasteiger charge is 2.24. The molecule has 9 nitrogen and oxygen atoms in total. The minimum absolute atomic E-state index is 0.0550.